The first kappa shape index (κ1) is 13.7. The number of amides is 1. The lowest BCUT2D eigenvalue weighted by atomic mass is 10.4. The lowest BCUT2D eigenvalue weighted by molar-refractivity contribution is 0.0956. The number of nitrogens with one attached hydrogen (secondary N) is 1. The van der Waals surface area contributed by atoms with Crippen molar-refractivity contribution in [1.82, 2.24) is 25.1 Å². The van der Waals surface area contributed by atoms with Crippen LogP contribution < -0.4 is 11.0 Å². The Hall–Kier alpha value is -2.26. The molecule has 3 aromatic heterocycles. The number of thiophene rings is 2. The van der Waals surface area contributed by atoms with Gasteiger partial charge in [0.15, 0.2) is 0 Å². The fourth-order valence-corrected chi connectivity index (χ4v) is 3.02. The highest BCUT2D eigenvalue weighted by Gasteiger charge is 2.10. The molecule has 1 amide bonds. The molecule has 21 heavy (non-hydrogen) atoms. The lowest BCUT2D eigenvalue weighted by Crippen LogP contribution is -2.31. The zero-order valence-corrected chi connectivity index (χ0v) is 12.4. The Bertz CT molecular complexity index is 773. The third kappa shape index (κ3) is 2.93. The van der Waals surface area contributed by atoms with E-state index in [1.165, 1.54) is 32.0 Å². The molecular weight excluding hydrogens is 310 g/mol. The van der Waals surface area contributed by atoms with Gasteiger partial charge in [0, 0.05) is 6.54 Å². The number of tetrazole rings is 1. The number of carbonyl (C=O) groups is 1. The monoisotopic (exact) mass is 321 g/mol. The van der Waals surface area contributed by atoms with Gasteiger partial charge >= 0.3 is 5.69 Å². The second-order valence-corrected chi connectivity index (χ2v) is 5.95. The SMILES string of the molecule is O=C(NCCn1nnn(-c2cccs2)c1=O)c1cccs1. The summed E-state index contributed by atoms with van der Waals surface area (Å²) in [6, 6.07) is 7.20. The molecule has 0 spiro atoms. The van der Waals surface area contributed by atoms with Gasteiger partial charge in [-0.05, 0) is 39.4 Å². The van der Waals surface area contributed by atoms with E-state index in [2.05, 4.69) is 15.7 Å². The summed E-state index contributed by atoms with van der Waals surface area (Å²) in [6.07, 6.45) is 0. The summed E-state index contributed by atoms with van der Waals surface area (Å²) in [6.45, 7) is 0.598. The minimum absolute atomic E-state index is 0.149. The van der Waals surface area contributed by atoms with Crippen molar-refractivity contribution < 1.29 is 4.79 Å². The van der Waals surface area contributed by atoms with E-state index in [9.17, 15) is 9.59 Å². The van der Waals surface area contributed by atoms with Crippen molar-refractivity contribution in [3.05, 3.63) is 50.4 Å². The fraction of sp³-hybridized carbons (Fsp3) is 0.167. The fourth-order valence-electron chi connectivity index (χ4n) is 1.71. The first-order chi connectivity index (χ1) is 10.3. The second-order valence-electron chi connectivity index (χ2n) is 4.08. The Morgan fingerprint density at radius 1 is 1.19 bits per heavy atom. The molecule has 9 heteroatoms. The van der Waals surface area contributed by atoms with Crippen LogP contribution in [-0.2, 0) is 6.54 Å². The Morgan fingerprint density at radius 2 is 2.00 bits per heavy atom. The Morgan fingerprint density at radius 3 is 2.71 bits per heavy atom. The predicted molar refractivity (Wildman–Crippen MR) is 80.1 cm³/mol. The minimum Gasteiger partial charge on any atom is -0.349 e. The Labute approximate surface area is 127 Å². The third-order valence-electron chi connectivity index (χ3n) is 2.71. The van der Waals surface area contributed by atoms with E-state index in [4.69, 9.17) is 0 Å². The zero-order valence-electron chi connectivity index (χ0n) is 10.8. The molecule has 7 nitrogen and oxygen atoms in total. The number of nitrogens with zero attached hydrogens (tertiary/aromatic N) is 4. The summed E-state index contributed by atoms with van der Waals surface area (Å²) in [5.41, 5.74) is -0.317. The van der Waals surface area contributed by atoms with Crippen LogP contribution in [0.25, 0.3) is 5.00 Å². The van der Waals surface area contributed by atoms with Crippen molar-refractivity contribution >= 4 is 28.6 Å². The highest BCUT2D eigenvalue weighted by Crippen LogP contribution is 2.10. The average Bonchev–Trinajstić information content (AvgIpc) is 3.20. The van der Waals surface area contributed by atoms with Crippen molar-refractivity contribution in [2.45, 2.75) is 6.54 Å². The number of rotatable bonds is 5. The van der Waals surface area contributed by atoms with Crippen molar-refractivity contribution in [2.75, 3.05) is 6.54 Å². The van der Waals surface area contributed by atoms with Crippen LogP contribution in [0.1, 0.15) is 9.67 Å². The quantitative estimate of drug-likeness (QED) is 0.759. The predicted octanol–water partition coefficient (Wildman–Crippen LogP) is 0.982. The van der Waals surface area contributed by atoms with Crippen LogP contribution in [0.4, 0.5) is 0 Å². The number of aromatic nitrogens is 4. The summed E-state index contributed by atoms with van der Waals surface area (Å²) in [4.78, 5) is 24.5. The van der Waals surface area contributed by atoms with Crippen molar-refractivity contribution in [1.29, 1.82) is 0 Å². The molecular formula is C12H11N5O2S2. The number of hydrogen-bond donors (Lipinski definition) is 1. The van der Waals surface area contributed by atoms with E-state index in [0.717, 1.165) is 0 Å². The van der Waals surface area contributed by atoms with Gasteiger partial charge in [0.1, 0.15) is 5.00 Å². The number of carbonyl (C=O) groups excluding carboxylic acids is 1. The standard InChI is InChI=1S/C12H11N5O2S2/c18-11(9-3-1-7-20-9)13-5-6-16-12(19)17(15-14-16)10-4-2-8-21-10/h1-4,7-8H,5-6H2,(H,13,18). The summed E-state index contributed by atoms with van der Waals surface area (Å²) >= 11 is 2.78. The van der Waals surface area contributed by atoms with Gasteiger partial charge in [-0.3, -0.25) is 4.79 Å². The maximum Gasteiger partial charge on any atom is 0.369 e. The summed E-state index contributed by atoms with van der Waals surface area (Å²) in [5, 5.41) is 14.8. The molecule has 3 rings (SSSR count). The van der Waals surface area contributed by atoms with Gasteiger partial charge in [0.2, 0.25) is 0 Å². The van der Waals surface area contributed by atoms with Crippen molar-refractivity contribution in [3.8, 4) is 5.00 Å². The first-order valence-electron chi connectivity index (χ1n) is 6.14. The van der Waals surface area contributed by atoms with Crippen molar-refractivity contribution in [3.63, 3.8) is 0 Å². The van der Waals surface area contributed by atoms with Crippen LogP contribution in [0.5, 0.6) is 0 Å². The molecule has 0 fully saturated rings. The van der Waals surface area contributed by atoms with E-state index >= 15 is 0 Å². The van der Waals surface area contributed by atoms with Crippen LogP contribution in [-0.4, -0.2) is 32.2 Å². The van der Waals surface area contributed by atoms with Gasteiger partial charge in [0.25, 0.3) is 5.91 Å². The highest BCUT2D eigenvalue weighted by molar-refractivity contribution is 7.12. The second kappa shape index (κ2) is 6.02. The minimum atomic E-state index is -0.317. The molecule has 0 aliphatic heterocycles. The lowest BCUT2D eigenvalue weighted by Gasteiger charge is -2.02. The summed E-state index contributed by atoms with van der Waals surface area (Å²) in [5.74, 6) is -0.149. The molecule has 3 heterocycles. The smallest absolute Gasteiger partial charge is 0.349 e. The Balaban J connectivity index is 1.62. The average molecular weight is 321 g/mol. The summed E-state index contributed by atoms with van der Waals surface area (Å²) < 4.78 is 2.47. The number of hydrogen-bond acceptors (Lipinski definition) is 6. The van der Waals surface area contributed by atoms with Crippen LogP contribution in [0.15, 0.2) is 39.8 Å². The van der Waals surface area contributed by atoms with Gasteiger partial charge in [-0.15, -0.1) is 22.7 Å². The van der Waals surface area contributed by atoms with Crippen LogP contribution in [0.3, 0.4) is 0 Å². The van der Waals surface area contributed by atoms with Crippen LogP contribution in [0, 0.1) is 0 Å². The van der Waals surface area contributed by atoms with Gasteiger partial charge in [-0.1, -0.05) is 6.07 Å². The maximum atomic E-state index is 12.1. The van der Waals surface area contributed by atoms with Gasteiger partial charge in [-0.25, -0.2) is 4.79 Å². The van der Waals surface area contributed by atoms with Crippen LogP contribution in [0.2, 0.25) is 0 Å². The molecule has 1 N–H and O–H groups in total. The third-order valence-corrected chi connectivity index (χ3v) is 4.42. The topological polar surface area (TPSA) is 81.8 Å². The molecule has 0 bridgehead atoms. The summed E-state index contributed by atoms with van der Waals surface area (Å²) in [7, 11) is 0. The molecule has 0 unspecified atom stereocenters. The van der Waals surface area contributed by atoms with E-state index in [1.54, 1.807) is 12.1 Å². The molecule has 0 saturated carbocycles. The molecule has 3 aromatic rings. The Kier molecular flexibility index (Phi) is 3.93. The van der Waals surface area contributed by atoms with Gasteiger partial charge in [0.05, 0.1) is 11.4 Å². The van der Waals surface area contributed by atoms with Crippen molar-refractivity contribution in [2.24, 2.45) is 0 Å². The van der Waals surface area contributed by atoms with Gasteiger partial charge < -0.3 is 5.32 Å². The molecule has 0 saturated heterocycles. The molecule has 0 atom stereocenters. The molecule has 0 aliphatic rings. The van der Waals surface area contributed by atoms with E-state index in [-0.39, 0.29) is 18.1 Å². The first-order valence-corrected chi connectivity index (χ1v) is 7.90. The molecule has 0 aromatic carbocycles. The molecule has 108 valence electrons. The maximum absolute atomic E-state index is 12.1. The van der Waals surface area contributed by atoms with E-state index in [0.29, 0.717) is 16.4 Å². The van der Waals surface area contributed by atoms with E-state index < -0.39 is 0 Å². The normalized spacial score (nSPS) is 10.7. The zero-order chi connectivity index (χ0) is 14.7. The molecule has 0 radical (unpaired) electrons. The van der Waals surface area contributed by atoms with E-state index in [1.807, 2.05) is 22.9 Å². The largest absolute Gasteiger partial charge is 0.369 e. The molecule has 0 aliphatic carbocycles. The highest BCUT2D eigenvalue weighted by atomic mass is 32.1. The van der Waals surface area contributed by atoms with Gasteiger partial charge in [-0.2, -0.15) is 9.36 Å². The van der Waals surface area contributed by atoms with Crippen LogP contribution >= 0.6 is 22.7 Å².